The van der Waals surface area contributed by atoms with Crippen molar-refractivity contribution in [1.29, 1.82) is 0 Å². The van der Waals surface area contributed by atoms with Crippen molar-refractivity contribution in [3.63, 3.8) is 0 Å². The van der Waals surface area contributed by atoms with Gasteiger partial charge in [0.15, 0.2) is 0 Å². The minimum absolute atomic E-state index is 0.167. The van der Waals surface area contributed by atoms with Crippen LogP contribution in [0.4, 0.5) is 4.39 Å². The molecule has 1 aromatic heterocycles. The molecular formula is CFN5O2. The van der Waals surface area contributed by atoms with E-state index in [4.69, 9.17) is 0 Å². The molecule has 0 fully saturated rings. The predicted octanol–water partition coefficient (Wildman–Crippen LogP) is -1.15. The molecule has 0 aliphatic rings. The van der Waals surface area contributed by atoms with Crippen LogP contribution in [0.2, 0.25) is 0 Å². The Morgan fingerprint density at radius 3 is 2.67 bits per heavy atom. The first kappa shape index (κ1) is 5.54. The summed E-state index contributed by atoms with van der Waals surface area (Å²) < 4.78 is 11.9. The van der Waals surface area contributed by atoms with Gasteiger partial charge in [-0.15, -0.1) is 0 Å². The van der Waals surface area contributed by atoms with Crippen LogP contribution in [0.5, 0.6) is 0 Å². The Morgan fingerprint density at radius 1 is 1.78 bits per heavy atom. The summed E-state index contributed by atoms with van der Waals surface area (Å²) in [4.78, 5) is 9.50. The van der Waals surface area contributed by atoms with Gasteiger partial charge in [-0.25, -0.2) is 0 Å². The number of nitro groups is 1. The van der Waals surface area contributed by atoms with E-state index in [0.717, 1.165) is 0 Å². The molecule has 1 rings (SSSR count). The fourth-order valence-electron chi connectivity index (χ4n) is 0.272. The van der Waals surface area contributed by atoms with E-state index in [-0.39, 0.29) is 4.79 Å². The highest BCUT2D eigenvalue weighted by Gasteiger charge is 2.12. The Labute approximate surface area is 47.2 Å². The number of rotatable bonds is 1. The highest BCUT2D eigenvalue weighted by atomic mass is 19.1. The van der Waals surface area contributed by atoms with Crippen molar-refractivity contribution >= 4 is 0 Å². The summed E-state index contributed by atoms with van der Waals surface area (Å²) in [6.45, 7) is 0. The Bertz CT molecular complexity index is 231. The third-order valence-corrected chi connectivity index (χ3v) is 0.572. The summed E-state index contributed by atoms with van der Waals surface area (Å²) in [5.41, 5.74) is 0. The lowest BCUT2D eigenvalue weighted by molar-refractivity contribution is -0.559. The van der Waals surface area contributed by atoms with E-state index in [0.29, 0.717) is 0 Å². The van der Waals surface area contributed by atoms with Crippen LogP contribution >= 0.6 is 0 Å². The van der Waals surface area contributed by atoms with Crippen LogP contribution in [-0.4, -0.2) is 25.3 Å². The molecule has 0 unspecified atom stereocenters. The third kappa shape index (κ3) is 0.806. The molecule has 0 bridgehead atoms. The number of hydrogen-bond acceptors (Lipinski definition) is 5. The molecule has 0 spiro atoms. The highest BCUT2D eigenvalue weighted by Crippen LogP contribution is 1.83. The minimum atomic E-state index is -1.33. The predicted molar refractivity (Wildman–Crippen MR) is 20.2 cm³/mol. The molecule has 0 atom stereocenters. The van der Waals surface area contributed by atoms with Crippen LogP contribution in [-0.2, 0) is 0 Å². The second-order valence-corrected chi connectivity index (χ2v) is 1.08. The fourth-order valence-corrected chi connectivity index (χ4v) is 0.272. The zero-order valence-corrected chi connectivity index (χ0v) is 3.93. The van der Waals surface area contributed by atoms with Gasteiger partial charge in [0.05, 0.1) is 5.03 Å². The standard InChI is InChI=1S/CFN5O2/c2-1-3-4-5-6(1)7(8)9. The van der Waals surface area contributed by atoms with Gasteiger partial charge in [0.1, 0.15) is 10.0 Å². The average Bonchev–Trinajstić information content (AvgIpc) is 2.13. The first-order chi connectivity index (χ1) is 4.22. The molecule has 0 amide bonds. The van der Waals surface area contributed by atoms with E-state index in [9.17, 15) is 14.5 Å². The van der Waals surface area contributed by atoms with Crippen molar-refractivity contribution in [2.45, 2.75) is 0 Å². The second kappa shape index (κ2) is 1.73. The lowest BCUT2D eigenvalue weighted by Gasteiger charge is -1.84. The summed E-state index contributed by atoms with van der Waals surface area (Å²) >= 11 is 0. The molecule has 9 heavy (non-hydrogen) atoms. The molecular weight excluding hydrogens is 133 g/mol. The molecule has 1 aromatic rings. The summed E-state index contributed by atoms with van der Waals surface area (Å²) in [5.74, 6) is 0. The lowest BCUT2D eigenvalue weighted by Crippen LogP contribution is -2.12. The maximum absolute atomic E-state index is 11.9. The first-order valence-electron chi connectivity index (χ1n) is 1.80. The molecule has 8 heteroatoms. The molecule has 48 valence electrons. The Balaban J connectivity index is 3.08. The van der Waals surface area contributed by atoms with Gasteiger partial charge in [-0.2, -0.15) is 4.39 Å². The average molecular weight is 133 g/mol. The largest absolute Gasteiger partial charge is 0.396 e. The van der Waals surface area contributed by atoms with Crippen molar-refractivity contribution in [1.82, 2.24) is 20.3 Å². The van der Waals surface area contributed by atoms with Crippen LogP contribution in [0.15, 0.2) is 0 Å². The van der Waals surface area contributed by atoms with Gasteiger partial charge in [-0.05, 0) is 5.10 Å². The van der Waals surface area contributed by atoms with Gasteiger partial charge in [0.2, 0.25) is 5.21 Å². The Morgan fingerprint density at radius 2 is 2.44 bits per heavy atom. The lowest BCUT2D eigenvalue weighted by atomic mass is 11.3. The summed E-state index contributed by atoms with van der Waals surface area (Å²) in [6, 6.07) is 0. The summed E-state index contributed by atoms with van der Waals surface area (Å²) in [6.07, 6.45) is -1.33. The quantitative estimate of drug-likeness (QED) is 0.356. The van der Waals surface area contributed by atoms with E-state index < -0.39 is 11.1 Å². The molecule has 1 heterocycles. The van der Waals surface area contributed by atoms with E-state index in [1.165, 1.54) is 0 Å². The van der Waals surface area contributed by atoms with Gasteiger partial charge in [0.25, 0.3) is 0 Å². The SMILES string of the molecule is O=[N+]([O-])n1nnnc1F. The van der Waals surface area contributed by atoms with Crippen LogP contribution in [0.25, 0.3) is 0 Å². The minimum Gasteiger partial charge on any atom is -0.339 e. The maximum Gasteiger partial charge on any atom is 0.396 e. The number of tetrazole rings is 1. The molecule has 0 saturated carbocycles. The van der Waals surface area contributed by atoms with Gasteiger partial charge in [-0.3, -0.25) is 0 Å². The normalized spacial score (nSPS) is 9.44. The van der Waals surface area contributed by atoms with Crippen LogP contribution in [0, 0.1) is 16.2 Å². The summed E-state index contributed by atoms with van der Waals surface area (Å²) in [5, 5.41) is 16.6. The number of aromatic nitrogens is 4. The molecule has 0 N–H and O–H groups in total. The van der Waals surface area contributed by atoms with Gasteiger partial charge in [0, 0.05) is 0 Å². The topological polar surface area (TPSA) is 86.7 Å². The van der Waals surface area contributed by atoms with Crippen molar-refractivity contribution in [2.24, 2.45) is 0 Å². The van der Waals surface area contributed by atoms with E-state index in [1.807, 2.05) is 0 Å². The summed E-state index contributed by atoms with van der Waals surface area (Å²) in [7, 11) is 0. The van der Waals surface area contributed by atoms with E-state index in [1.54, 1.807) is 0 Å². The zero-order chi connectivity index (χ0) is 6.85. The van der Waals surface area contributed by atoms with Crippen molar-refractivity contribution in [3.05, 3.63) is 16.2 Å². The van der Waals surface area contributed by atoms with Crippen molar-refractivity contribution in [2.75, 3.05) is 0 Å². The molecule has 7 nitrogen and oxygen atoms in total. The van der Waals surface area contributed by atoms with Gasteiger partial charge < -0.3 is 10.1 Å². The number of nitrogens with zero attached hydrogens (tertiary/aromatic N) is 5. The molecule has 0 aliphatic carbocycles. The van der Waals surface area contributed by atoms with Gasteiger partial charge in [-0.1, -0.05) is 0 Å². The third-order valence-electron chi connectivity index (χ3n) is 0.572. The smallest absolute Gasteiger partial charge is 0.339 e. The first-order valence-corrected chi connectivity index (χ1v) is 1.80. The molecule has 0 aromatic carbocycles. The fraction of sp³-hybridized carbons (Fsp3) is 0. The zero-order valence-electron chi connectivity index (χ0n) is 3.93. The monoisotopic (exact) mass is 133 g/mol. The van der Waals surface area contributed by atoms with Crippen LogP contribution in [0.1, 0.15) is 0 Å². The highest BCUT2D eigenvalue weighted by molar-refractivity contribution is 4.43. The van der Waals surface area contributed by atoms with E-state index in [2.05, 4.69) is 15.5 Å². The number of hydrogen-bond donors (Lipinski definition) is 0. The van der Waals surface area contributed by atoms with Crippen molar-refractivity contribution in [3.8, 4) is 0 Å². The number of halogens is 1. The second-order valence-electron chi connectivity index (χ2n) is 1.08. The van der Waals surface area contributed by atoms with Crippen molar-refractivity contribution < 1.29 is 9.42 Å². The maximum atomic E-state index is 11.9. The van der Waals surface area contributed by atoms with E-state index >= 15 is 0 Å². The Hall–Kier alpha value is -1.60. The van der Waals surface area contributed by atoms with Crippen LogP contribution in [0.3, 0.4) is 0 Å². The molecule has 0 aliphatic heterocycles. The van der Waals surface area contributed by atoms with Gasteiger partial charge >= 0.3 is 6.08 Å². The molecule has 0 radical (unpaired) electrons. The van der Waals surface area contributed by atoms with Crippen LogP contribution < -0.4 is 0 Å². The Kier molecular flexibility index (Phi) is 1.06. The molecule has 0 saturated heterocycles.